The molecule has 0 spiro atoms. The Bertz CT molecular complexity index is 401. The highest BCUT2D eigenvalue weighted by Gasteiger charge is 2.14. The van der Waals surface area contributed by atoms with E-state index in [4.69, 9.17) is 0 Å². The van der Waals surface area contributed by atoms with Gasteiger partial charge in [0.25, 0.3) is 5.91 Å². The average Bonchev–Trinajstić information content (AvgIpc) is 2.75. The molecule has 1 aliphatic heterocycles. The van der Waals surface area contributed by atoms with Crippen molar-refractivity contribution in [3.63, 3.8) is 0 Å². The molecule has 1 amide bonds. The van der Waals surface area contributed by atoms with Crippen molar-refractivity contribution < 1.29 is 4.79 Å². The molecule has 0 saturated heterocycles. The molecule has 0 unspecified atom stereocenters. The summed E-state index contributed by atoms with van der Waals surface area (Å²) in [6.45, 7) is 5.07. The topological polar surface area (TPSA) is 41.1 Å². The minimum Gasteiger partial charge on any atom is -0.384 e. The van der Waals surface area contributed by atoms with Crippen LogP contribution in [0.2, 0.25) is 0 Å². The first-order chi connectivity index (χ1) is 7.70. The predicted molar refractivity (Wildman–Crippen MR) is 65.9 cm³/mol. The summed E-state index contributed by atoms with van der Waals surface area (Å²) in [6, 6.07) is 6.11. The highest BCUT2D eigenvalue weighted by molar-refractivity contribution is 5.95. The number of nitrogens with one attached hydrogen (secondary N) is 2. The molecule has 0 radical (unpaired) electrons. The van der Waals surface area contributed by atoms with Crippen LogP contribution in [0, 0.1) is 0 Å². The van der Waals surface area contributed by atoms with Crippen molar-refractivity contribution >= 4 is 11.6 Å². The van der Waals surface area contributed by atoms with E-state index in [0.29, 0.717) is 0 Å². The third-order valence-corrected chi connectivity index (χ3v) is 3.07. The van der Waals surface area contributed by atoms with Gasteiger partial charge in [0.15, 0.2) is 0 Å². The zero-order valence-electron chi connectivity index (χ0n) is 9.84. The summed E-state index contributed by atoms with van der Waals surface area (Å²) in [5.74, 6) is 0.0315. The van der Waals surface area contributed by atoms with Crippen LogP contribution >= 0.6 is 0 Å². The fourth-order valence-corrected chi connectivity index (χ4v) is 1.86. The van der Waals surface area contributed by atoms with Crippen molar-refractivity contribution in [1.82, 2.24) is 5.32 Å². The zero-order valence-corrected chi connectivity index (χ0v) is 9.84. The van der Waals surface area contributed by atoms with Crippen LogP contribution in [0.15, 0.2) is 18.2 Å². The van der Waals surface area contributed by atoms with E-state index in [1.165, 1.54) is 11.3 Å². The maximum atomic E-state index is 11.9. The highest BCUT2D eigenvalue weighted by Crippen LogP contribution is 2.22. The van der Waals surface area contributed by atoms with E-state index in [1.807, 2.05) is 25.1 Å². The van der Waals surface area contributed by atoms with E-state index in [2.05, 4.69) is 17.6 Å². The Hall–Kier alpha value is -1.51. The van der Waals surface area contributed by atoms with Gasteiger partial charge in [0.05, 0.1) is 0 Å². The third-order valence-electron chi connectivity index (χ3n) is 3.07. The van der Waals surface area contributed by atoms with Gasteiger partial charge in [-0.05, 0) is 43.5 Å². The normalized spacial score (nSPS) is 15.1. The second kappa shape index (κ2) is 4.56. The molecule has 16 heavy (non-hydrogen) atoms. The lowest BCUT2D eigenvalue weighted by Gasteiger charge is -2.11. The Morgan fingerprint density at radius 3 is 3.12 bits per heavy atom. The van der Waals surface area contributed by atoms with E-state index in [-0.39, 0.29) is 11.9 Å². The first kappa shape index (κ1) is 11.0. The van der Waals surface area contributed by atoms with E-state index in [0.717, 1.165) is 24.9 Å². The maximum absolute atomic E-state index is 11.9. The second-order valence-corrected chi connectivity index (χ2v) is 4.33. The lowest BCUT2D eigenvalue weighted by Crippen LogP contribution is -2.31. The molecule has 0 aliphatic carbocycles. The zero-order chi connectivity index (χ0) is 11.5. The molecule has 2 N–H and O–H groups in total. The molecule has 1 atom stereocenters. The standard InChI is InChI=1S/C13H18N2O/c1-3-9(2)15-13(16)11-4-5-12-10(8-11)6-7-14-12/h4-5,8-9,14H,3,6-7H2,1-2H3,(H,15,16)/t9-/m0/s1. The Labute approximate surface area is 96.2 Å². The van der Waals surface area contributed by atoms with E-state index in [1.54, 1.807) is 0 Å². The van der Waals surface area contributed by atoms with Gasteiger partial charge >= 0.3 is 0 Å². The molecule has 2 rings (SSSR count). The number of anilines is 1. The number of carbonyl (C=O) groups excluding carboxylic acids is 1. The van der Waals surface area contributed by atoms with Gasteiger partial charge in [0, 0.05) is 23.8 Å². The van der Waals surface area contributed by atoms with Crippen molar-refractivity contribution in [3.8, 4) is 0 Å². The van der Waals surface area contributed by atoms with Crippen LogP contribution < -0.4 is 10.6 Å². The van der Waals surface area contributed by atoms with Crippen LogP contribution in [0.25, 0.3) is 0 Å². The Kier molecular flexibility index (Phi) is 3.13. The summed E-state index contributed by atoms with van der Waals surface area (Å²) < 4.78 is 0. The number of amides is 1. The average molecular weight is 218 g/mol. The van der Waals surface area contributed by atoms with Crippen molar-refractivity contribution in [1.29, 1.82) is 0 Å². The van der Waals surface area contributed by atoms with Gasteiger partial charge in [0.2, 0.25) is 0 Å². The first-order valence-corrected chi connectivity index (χ1v) is 5.88. The molecule has 0 aromatic heterocycles. The third kappa shape index (κ3) is 2.18. The number of hydrogen-bond acceptors (Lipinski definition) is 2. The van der Waals surface area contributed by atoms with Gasteiger partial charge in [-0.15, -0.1) is 0 Å². The fraction of sp³-hybridized carbons (Fsp3) is 0.462. The van der Waals surface area contributed by atoms with Crippen LogP contribution in [0.5, 0.6) is 0 Å². The Morgan fingerprint density at radius 2 is 2.38 bits per heavy atom. The van der Waals surface area contributed by atoms with Gasteiger partial charge in [0.1, 0.15) is 0 Å². The molecular formula is C13H18N2O. The smallest absolute Gasteiger partial charge is 0.251 e. The van der Waals surface area contributed by atoms with Crippen molar-refractivity contribution in [3.05, 3.63) is 29.3 Å². The van der Waals surface area contributed by atoms with Crippen LogP contribution in [0.1, 0.15) is 36.2 Å². The SMILES string of the molecule is CC[C@H](C)NC(=O)c1ccc2c(c1)CCN2. The molecule has 1 aromatic rings. The molecule has 3 heteroatoms. The van der Waals surface area contributed by atoms with Gasteiger partial charge in [-0.25, -0.2) is 0 Å². The minimum absolute atomic E-state index is 0.0315. The lowest BCUT2D eigenvalue weighted by atomic mass is 10.1. The molecule has 0 saturated carbocycles. The summed E-state index contributed by atoms with van der Waals surface area (Å²) >= 11 is 0. The number of rotatable bonds is 3. The van der Waals surface area contributed by atoms with E-state index in [9.17, 15) is 4.79 Å². The van der Waals surface area contributed by atoms with Crippen LogP contribution in [0.4, 0.5) is 5.69 Å². The summed E-state index contributed by atoms with van der Waals surface area (Å²) in [5.41, 5.74) is 3.18. The number of fused-ring (bicyclic) bond motifs is 1. The largest absolute Gasteiger partial charge is 0.384 e. The summed E-state index contributed by atoms with van der Waals surface area (Å²) in [7, 11) is 0. The van der Waals surface area contributed by atoms with Crippen LogP contribution in [-0.2, 0) is 6.42 Å². The number of carbonyl (C=O) groups is 1. The number of benzene rings is 1. The maximum Gasteiger partial charge on any atom is 0.251 e. The number of hydrogen-bond donors (Lipinski definition) is 2. The second-order valence-electron chi connectivity index (χ2n) is 4.33. The molecule has 1 heterocycles. The Balaban J connectivity index is 2.12. The summed E-state index contributed by atoms with van der Waals surface area (Å²) in [4.78, 5) is 11.9. The van der Waals surface area contributed by atoms with Gasteiger partial charge in [-0.3, -0.25) is 4.79 Å². The fourth-order valence-electron chi connectivity index (χ4n) is 1.86. The van der Waals surface area contributed by atoms with E-state index < -0.39 is 0 Å². The Morgan fingerprint density at radius 1 is 1.56 bits per heavy atom. The highest BCUT2D eigenvalue weighted by atomic mass is 16.1. The van der Waals surface area contributed by atoms with Gasteiger partial charge in [-0.1, -0.05) is 6.92 Å². The van der Waals surface area contributed by atoms with Crippen molar-refractivity contribution in [2.75, 3.05) is 11.9 Å². The monoisotopic (exact) mass is 218 g/mol. The molecule has 1 aromatic carbocycles. The van der Waals surface area contributed by atoms with Crippen LogP contribution in [-0.4, -0.2) is 18.5 Å². The quantitative estimate of drug-likeness (QED) is 0.816. The molecule has 0 bridgehead atoms. The summed E-state index contributed by atoms with van der Waals surface area (Å²) in [6.07, 6.45) is 1.97. The lowest BCUT2D eigenvalue weighted by molar-refractivity contribution is 0.0939. The molecule has 86 valence electrons. The first-order valence-electron chi connectivity index (χ1n) is 5.88. The van der Waals surface area contributed by atoms with Crippen molar-refractivity contribution in [2.24, 2.45) is 0 Å². The summed E-state index contributed by atoms with van der Waals surface area (Å²) in [5, 5.41) is 6.26. The van der Waals surface area contributed by atoms with Gasteiger partial charge in [-0.2, -0.15) is 0 Å². The van der Waals surface area contributed by atoms with E-state index >= 15 is 0 Å². The van der Waals surface area contributed by atoms with Crippen molar-refractivity contribution in [2.45, 2.75) is 32.7 Å². The van der Waals surface area contributed by atoms with Crippen LogP contribution in [0.3, 0.4) is 0 Å². The molecule has 1 aliphatic rings. The molecular weight excluding hydrogens is 200 g/mol. The molecule has 0 fully saturated rings. The predicted octanol–water partition coefficient (Wildman–Crippen LogP) is 2.18. The van der Waals surface area contributed by atoms with Gasteiger partial charge < -0.3 is 10.6 Å². The molecule has 3 nitrogen and oxygen atoms in total. The minimum atomic E-state index is 0.0315.